The second-order valence-electron chi connectivity index (χ2n) is 11.8. The molecule has 0 aromatic rings. The van der Waals surface area contributed by atoms with Gasteiger partial charge in [-0.1, -0.05) is 20.8 Å². The summed E-state index contributed by atoms with van der Waals surface area (Å²) in [5.41, 5.74) is -0.269. The standard InChI is InChI=1S/C31H64N2O11/c1-30(2,3)29(34)32-7-9-35-11-13-37-15-17-39-19-21-41-23-25-43-27-28-44-26-24-42-22-20-40-18-16-38-14-12-36-10-8-33-31(4,5)6/h33H,7-28H2,1-6H3,(H,32,34). The molecule has 0 heterocycles. The zero-order chi connectivity index (χ0) is 32.6. The molecule has 264 valence electrons. The average Bonchev–Trinajstić information content (AvgIpc) is 2.96. The van der Waals surface area contributed by atoms with Crippen LogP contribution in [0, 0.1) is 5.41 Å². The quantitative estimate of drug-likeness (QED) is 0.101. The van der Waals surface area contributed by atoms with Crippen molar-refractivity contribution < 1.29 is 52.2 Å². The first-order chi connectivity index (χ1) is 21.1. The summed E-state index contributed by atoms with van der Waals surface area (Å²) in [6, 6.07) is 0. The van der Waals surface area contributed by atoms with Crippen LogP contribution in [0.2, 0.25) is 0 Å². The Labute approximate surface area is 266 Å². The van der Waals surface area contributed by atoms with Crippen molar-refractivity contribution in [3.63, 3.8) is 0 Å². The Morgan fingerprint density at radius 3 is 0.841 bits per heavy atom. The molecule has 13 nitrogen and oxygen atoms in total. The Bertz CT molecular complexity index is 616. The summed E-state index contributed by atoms with van der Waals surface area (Å²) in [4.78, 5) is 11.7. The highest BCUT2D eigenvalue weighted by Gasteiger charge is 2.20. The zero-order valence-corrected chi connectivity index (χ0v) is 28.5. The van der Waals surface area contributed by atoms with Crippen LogP contribution < -0.4 is 10.6 Å². The fraction of sp³-hybridized carbons (Fsp3) is 0.968. The molecular weight excluding hydrogens is 576 g/mol. The lowest BCUT2D eigenvalue weighted by atomic mass is 9.96. The van der Waals surface area contributed by atoms with Crippen molar-refractivity contribution in [2.45, 2.75) is 47.1 Å². The molecule has 0 aliphatic carbocycles. The summed E-state index contributed by atoms with van der Waals surface area (Å²) in [5, 5.41) is 6.21. The Balaban J connectivity index is 3.10. The van der Waals surface area contributed by atoms with Gasteiger partial charge in [-0.25, -0.2) is 0 Å². The fourth-order valence-corrected chi connectivity index (χ4v) is 3.08. The molecule has 44 heavy (non-hydrogen) atoms. The lowest BCUT2D eigenvalue weighted by molar-refractivity contribution is -0.128. The van der Waals surface area contributed by atoms with Gasteiger partial charge < -0.3 is 58.0 Å². The van der Waals surface area contributed by atoms with E-state index in [1.54, 1.807) is 0 Å². The minimum atomic E-state index is -0.385. The molecule has 0 rings (SSSR count). The van der Waals surface area contributed by atoms with E-state index in [0.29, 0.717) is 139 Å². The number of carbonyl (C=O) groups excluding carboxylic acids is 1. The molecule has 0 aromatic heterocycles. The molecule has 0 radical (unpaired) electrons. The van der Waals surface area contributed by atoms with E-state index in [4.69, 9.17) is 47.4 Å². The molecule has 0 bridgehead atoms. The van der Waals surface area contributed by atoms with E-state index >= 15 is 0 Å². The van der Waals surface area contributed by atoms with Gasteiger partial charge in [0.2, 0.25) is 5.91 Å². The Hall–Kier alpha value is -0.970. The van der Waals surface area contributed by atoms with E-state index in [-0.39, 0.29) is 16.9 Å². The van der Waals surface area contributed by atoms with Gasteiger partial charge in [0.15, 0.2) is 0 Å². The lowest BCUT2D eigenvalue weighted by Gasteiger charge is -2.20. The van der Waals surface area contributed by atoms with E-state index in [9.17, 15) is 4.79 Å². The van der Waals surface area contributed by atoms with Gasteiger partial charge in [-0.2, -0.15) is 0 Å². The van der Waals surface area contributed by atoms with Crippen LogP contribution in [-0.4, -0.2) is 157 Å². The summed E-state index contributed by atoms with van der Waals surface area (Å²) in [6.07, 6.45) is 0. The monoisotopic (exact) mass is 640 g/mol. The highest BCUT2D eigenvalue weighted by atomic mass is 16.6. The average molecular weight is 641 g/mol. The lowest BCUT2D eigenvalue weighted by Crippen LogP contribution is -2.38. The number of hydrogen-bond donors (Lipinski definition) is 2. The molecule has 0 aliphatic rings. The van der Waals surface area contributed by atoms with Crippen LogP contribution in [0.15, 0.2) is 0 Å². The van der Waals surface area contributed by atoms with E-state index in [2.05, 4.69) is 31.4 Å². The highest BCUT2D eigenvalue weighted by molar-refractivity contribution is 5.81. The summed E-state index contributed by atoms with van der Waals surface area (Å²) in [7, 11) is 0. The van der Waals surface area contributed by atoms with Gasteiger partial charge in [0.05, 0.1) is 132 Å². The topological polar surface area (TPSA) is 133 Å². The smallest absolute Gasteiger partial charge is 0.225 e. The predicted molar refractivity (Wildman–Crippen MR) is 168 cm³/mol. The summed E-state index contributed by atoms with van der Waals surface area (Å²) < 4.78 is 54.7. The minimum absolute atomic E-state index is 0.0170. The molecule has 0 unspecified atom stereocenters. The maximum atomic E-state index is 11.7. The third-order valence-electron chi connectivity index (χ3n) is 5.46. The van der Waals surface area contributed by atoms with E-state index in [1.165, 1.54) is 0 Å². The summed E-state index contributed by atoms with van der Waals surface area (Å²) in [5.74, 6) is 0.0170. The van der Waals surface area contributed by atoms with Gasteiger partial charge in [0.25, 0.3) is 0 Å². The van der Waals surface area contributed by atoms with Crippen LogP contribution in [0.25, 0.3) is 0 Å². The van der Waals surface area contributed by atoms with Crippen molar-refractivity contribution in [1.82, 2.24) is 10.6 Å². The van der Waals surface area contributed by atoms with Crippen LogP contribution in [0.4, 0.5) is 0 Å². The van der Waals surface area contributed by atoms with Crippen molar-refractivity contribution in [2.24, 2.45) is 5.41 Å². The molecule has 1 amide bonds. The third-order valence-corrected chi connectivity index (χ3v) is 5.46. The van der Waals surface area contributed by atoms with Gasteiger partial charge in [-0.15, -0.1) is 0 Å². The highest BCUT2D eigenvalue weighted by Crippen LogP contribution is 2.11. The number of nitrogens with one attached hydrogen (secondary N) is 2. The largest absolute Gasteiger partial charge is 0.378 e. The molecule has 2 N–H and O–H groups in total. The van der Waals surface area contributed by atoms with Crippen molar-refractivity contribution >= 4 is 5.91 Å². The van der Waals surface area contributed by atoms with Gasteiger partial charge in [-0.05, 0) is 20.8 Å². The fourth-order valence-electron chi connectivity index (χ4n) is 3.08. The molecule has 0 saturated heterocycles. The molecule has 0 aliphatic heterocycles. The minimum Gasteiger partial charge on any atom is -0.378 e. The molecule has 0 saturated carbocycles. The second kappa shape index (κ2) is 30.7. The number of ether oxygens (including phenoxy) is 10. The van der Waals surface area contributed by atoms with Gasteiger partial charge >= 0.3 is 0 Å². The summed E-state index contributed by atoms with van der Waals surface area (Å²) in [6.45, 7) is 23.8. The molecule has 0 aromatic carbocycles. The first-order valence-corrected chi connectivity index (χ1v) is 15.9. The first-order valence-electron chi connectivity index (χ1n) is 15.9. The predicted octanol–water partition coefficient (Wildman–Crippen LogP) is 1.70. The zero-order valence-electron chi connectivity index (χ0n) is 28.5. The molecular formula is C31H64N2O11. The van der Waals surface area contributed by atoms with Crippen LogP contribution >= 0.6 is 0 Å². The Morgan fingerprint density at radius 1 is 0.386 bits per heavy atom. The van der Waals surface area contributed by atoms with Gasteiger partial charge in [-0.3, -0.25) is 4.79 Å². The maximum Gasteiger partial charge on any atom is 0.225 e. The molecule has 13 heteroatoms. The van der Waals surface area contributed by atoms with Crippen LogP contribution in [0.5, 0.6) is 0 Å². The van der Waals surface area contributed by atoms with Crippen LogP contribution in [-0.2, 0) is 52.2 Å². The number of hydrogen-bond acceptors (Lipinski definition) is 12. The number of rotatable bonds is 33. The van der Waals surface area contributed by atoms with Crippen LogP contribution in [0.1, 0.15) is 41.5 Å². The Morgan fingerprint density at radius 2 is 0.614 bits per heavy atom. The van der Waals surface area contributed by atoms with Crippen molar-refractivity contribution in [2.75, 3.05) is 145 Å². The Kier molecular flexibility index (Phi) is 30.0. The van der Waals surface area contributed by atoms with Crippen LogP contribution in [0.3, 0.4) is 0 Å². The molecule has 0 spiro atoms. The first kappa shape index (κ1) is 43.0. The van der Waals surface area contributed by atoms with Gasteiger partial charge in [0.1, 0.15) is 0 Å². The SMILES string of the molecule is CC(C)(C)NCCOCCOCCOCCOCCOCCOCCOCCOCCOCCOCCNC(=O)C(C)(C)C. The molecule has 0 fully saturated rings. The molecule has 0 atom stereocenters. The third kappa shape index (κ3) is 35.5. The van der Waals surface area contributed by atoms with E-state index in [1.807, 2.05) is 20.8 Å². The van der Waals surface area contributed by atoms with E-state index < -0.39 is 0 Å². The van der Waals surface area contributed by atoms with Crippen molar-refractivity contribution in [3.05, 3.63) is 0 Å². The normalized spacial score (nSPS) is 12.2. The van der Waals surface area contributed by atoms with Crippen molar-refractivity contribution in [1.29, 1.82) is 0 Å². The van der Waals surface area contributed by atoms with E-state index in [0.717, 1.165) is 6.54 Å². The number of amides is 1. The number of carbonyl (C=O) groups is 1. The van der Waals surface area contributed by atoms with Crippen molar-refractivity contribution in [3.8, 4) is 0 Å². The second-order valence-corrected chi connectivity index (χ2v) is 11.8. The summed E-state index contributed by atoms with van der Waals surface area (Å²) >= 11 is 0. The maximum absolute atomic E-state index is 11.7. The van der Waals surface area contributed by atoms with Gasteiger partial charge in [0, 0.05) is 24.0 Å².